The average Bonchev–Trinajstić information content (AvgIpc) is 3.06. The molecule has 0 aromatic carbocycles. The molecule has 0 aliphatic rings. The van der Waals surface area contributed by atoms with Crippen molar-refractivity contribution >= 4 is 11.6 Å². The first kappa shape index (κ1) is 14.9. The van der Waals surface area contributed by atoms with Crippen LogP contribution in [-0.2, 0) is 0 Å². The molecule has 0 amide bonds. The third kappa shape index (κ3) is 2.51. The number of aryl methyl sites for hydroxylation is 1. The summed E-state index contributed by atoms with van der Waals surface area (Å²) in [6.45, 7) is 1.92. The van der Waals surface area contributed by atoms with E-state index >= 15 is 0 Å². The van der Waals surface area contributed by atoms with E-state index in [1.807, 2.05) is 37.3 Å². The number of hydrogen-bond donors (Lipinski definition) is 1. The molecule has 0 bridgehead atoms. The smallest absolute Gasteiger partial charge is 0.356 e. The molecule has 0 aliphatic heterocycles. The largest absolute Gasteiger partial charge is 0.476 e. The number of nitrogens with zero attached hydrogens (tertiary/aromatic N) is 5. The highest BCUT2D eigenvalue weighted by Gasteiger charge is 2.17. The van der Waals surface area contributed by atoms with Crippen LogP contribution in [0.15, 0.2) is 55.0 Å². The molecule has 0 atom stereocenters. The monoisotopic (exact) mass is 331 g/mol. The molecular weight excluding hydrogens is 318 g/mol. The van der Waals surface area contributed by atoms with Crippen molar-refractivity contribution in [2.45, 2.75) is 6.92 Å². The van der Waals surface area contributed by atoms with Gasteiger partial charge in [-0.2, -0.15) is 5.10 Å². The Morgan fingerprint density at radius 3 is 2.72 bits per heavy atom. The molecule has 122 valence electrons. The summed E-state index contributed by atoms with van der Waals surface area (Å²) >= 11 is 0. The Hall–Kier alpha value is -3.61. The molecule has 0 radical (unpaired) electrons. The van der Waals surface area contributed by atoms with Gasteiger partial charge in [0.15, 0.2) is 11.3 Å². The maximum absolute atomic E-state index is 11.3. The lowest BCUT2D eigenvalue weighted by Crippen LogP contribution is -2.04. The van der Waals surface area contributed by atoms with Crippen molar-refractivity contribution < 1.29 is 9.90 Å². The van der Waals surface area contributed by atoms with Crippen LogP contribution in [0.2, 0.25) is 0 Å². The molecular formula is C18H13N5O2. The maximum atomic E-state index is 11.3. The molecule has 0 saturated carbocycles. The second-order valence-corrected chi connectivity index (χ2v) is 5.49. The summed E-state index contributed by atoms with van der Waals surface area (Å²) in [7, 11) is 0. The van der Waals surface area contributed by atoms with E-state index in [1.54, 1.807) is 18.5 Å². The summed E-state index contributed by atoms with van der Waals surface area (Å²) < 4.78 is 1.32. The molecule has 0 fully saturated rings. The fourth-order valence-corrected chi connectivity index (χ4v) is 2.75. The summed E-state index contributed by atoms with van der Waals surface area (Å²) in [6, 6.07) is 11.3. The molecule has 4 rings (SSSR count). The normalized spacial score (nSPS) is 10.9. The van der Waals surface area contributed by atoms with E-state index in [-0.39, 0.29) is 5.69 Å². The summed E-state index contributed by atoms with van der Waals surface area (Å²) in [5, 5.41) is 13.4. The predicted molar refractivity (Wildman–Crippen MR) is 91.1 cm³/mol. The number of carboxylic acid groups (broad SMARTS) is 1. The van der Waals surface area contributed by atoms with Gasteiger partial charge in [-0.05, 0) is 31.2 Å². The standard InChI is InChI=1S/C18H13N5O2/c1-11-4-2-6-14(22-11)16-12(5-3-8-19-16)13-7-9-21-23-15(18(24)25)10-20-17(13)23/h2-10H,1H3,(H,24,25). The topological polar surface area (TPSA) is 93.3 Å². The summed E-state index contributed by atoms with van der Waals surface area (Å²) in [6.07, 6.45) is 4.56. The van der Waals surface area contributed by atoms with Gasteiger partial charge in [-0.25, -0.2) is 14.3 Å². The van der Waals surface area contributed by atoms with Crippen molar-refractivity contribution in [1.82, 2.24) is 24.6 Å². The number of fused-ring (bicyclic) bond motifs is 1. The van der Waals surface area contributed by atoms with Crippen molar-refractivity contribution in [3.8, 4) is 22.5 Å². The number of carboxylic acids is 1. The molecule has 4 aromatic heterocycles. The molecule has 4 heterocycles. The van der Waals surface area contributed by atoms with E-state index in [2.05, 4.69) is 20.1 Å². The van der Waals surface area contributed by atoms with Crippen LogP contribution in [0, 0.1) is 6.92 Å². The lowest BCUT2D eigenvalue weighted by Gasteiger charge is -2.09. The Balaban J connectivity index is 1.98. The fraction of sp³-hybridized carbons (Fsp3) is 0.0556. The highest BCUT2D eigenvalue weighted by molar-refractivity contribution is 5.90. The first-order chi connectivity index (χ1) is 12.1. The highest BCUT2D eigenvalue weighted by atomic mass is 16.4. The minimum Gasteiger partial charge on any atom is -0.476 e. The quantitative estimate of drug-likeness (QED) is 0.620. The van der Waals surface area contributed by atoms with Crippen LogP contribution in [0.5, 0.6) is 0 Å². The van der Waals surface area contributed by atoms with E-state index in [0.717, 1.165) is 22.5 Å². The van der Waals surface area contributed by atoms with Gasteiger partial charge in [-0.15, -0.1) is 0 Å². The van der Waals surface area contributed by atoms with Crippen LogP contribution < -0.4 is 0 Å². The van der Waals surface area contributed by atoms with Gasteiger partial charge in [0.2, 0.25) is 0 Å². The molecule has 7 heteroatoms. The Kier molecular flexibility index (Phi) is 3.46. The SMILES string of the molecule is Cc1cccc(-c2ncccc2-c2ccnn3c(C(=O)O)cnc23)n1. The second kappa shape index (κ2) is 5.79. The number of aromatic nitrogens is 5. The molecule has 0 spiro atoms. The Morgan fingerprint density at radius 1 is 1.04 bits per heavy atom. The van der Waals surface area contributed by atoms with Crippen LogP contribution >= 0.6 is 0 Å². The predicted octanol–water partition coefficient (Wildman–Crippen LogP) is 2.86. The number of carbonyl (C=O) groups is 1. The lowest BCUT2D eigenvalue weighted by atomic mass is 10.0. The van der Waals surface area contributed by atoms with E-state index in [9.17, 15) is 9.90 Å². The van der Waals surface area contributed by atoms with Crippen LogP contribution in [0.1, 0.15) is 16.2 Å². The van der Waals surface area contributed by atoms with Crippen LogP contribution in [-0.4, -0.2) is 35.6 Å². The first-order valence-corrected chi connectivity index (χ1v) is 7.60. The number of imidazole rings is 1. The van der Waals surface area contributed by atoms with Gasteiger partial charge < -0.3 is 5.11 Å². The van der Waals surface area contributed by atoms with Crippen molar-refractivity contribution in [3.63, 3.8) is 0 Å². The number of aromatic carboxylic acids is 1. The molecule has 0 unspecified atom stereocenters. The molecule has 4 aromatic rings. The van der Waals surface area contributed by atoms with Gasteiger partial charge in [0.1, 0.15) is 0 Å². The fourth-order valence-electron chi connectivity index (χ4n) is 2.75. The highest BCUT2D eigenvalue weighted by Crippen LogP contribution is 2.31. The van der Waals surface area contributed by atoms with E-state index in [4.69, 9.17) is 0 Å². The zero-order chi connectivity index (χ0) is 17.4. The molecule has 0 saturated heterocycles. The summed E-state index contributed by atoms with van der Waals surface area (Å²) in [5.41, 5.74) is 4.37. The number of rotatable bonds is 3. The van der Waals surface area contributed by atoms with E-state index in [0.29, 0.717) is 11.3 Å². The lowest BCUT2D eigenvalue weighted by molar-refractivity contribution is 0.0688. The van der Waals surface area contributed by atoms with Crippen LogP contribution in [0.3, 0.4) is 0 Å². The zero-order valence-corrected chi connectivity index (χ0v) is 13.3. The van der Waals surface area contributed by atoms with Gasteiger partial charge in [0.05, 0.1) is 17.6 Å². The van der Waals surface area contributed by atoms with Crippen LogP contribution in [0.25, 0.3) is 28.2 Å². The zero-order valence-electron chi connectivity index (χ0n) is 13.3. The number of pyridine rings is 2. The van der Waals surface area contributed by atoms with Crippen molar-refractivity contribution in [2.75, 3.05) is 0 Å². The third-order valence-corrected chi connectivity index (χ3v) is 3.85. The van der Waals surface area contributed by atoms with Crippen molar-refractivity contribution in [1.29, 1.82) is 0 Å². The molecule has 7 nitrogen and oxygen atoms in total. The van der Waals surface area contributed by atoms with Gasteiger partial charge >= 0.3 is 5.97 Å². The Bertz CT molecular complexity index is 1100. The number of hydrogen-bond acceptors (Lipinski definition) is 5. The average molecular weight is 331 g/mol. The van der Waals surface area contributed by atoms with Gasteiger partial charge in [0.25, 0.3) is 0 Å². The van der Waals surface area contributed by atoms with Gasteiger partial charge in [-0.1, -0.05) is 12.1 Å². The first-order valence-electron chi connectivity index (χ1n) is 7.60. The molecule has 0 aliphatic carbocycles. The minimum atomic E-state index is -1.08. The third-order valence-electron chi connectivity index (χ3n) is 3.85. The maximum Gasteiger partial charge on any atom is 0.356 e. The van der Waals surface area contributed by atoms with Gasteiger partial charge in [-0.3, -0.25) is 9.97 Å². The second-order valence-electron chi connectivity index (χ2n) is 5.49. The molecule has 25 heavy (non-hydrogen) atoms. The minimum absolute atomic E-state index is 0.0102. The molecule has 1 N–H and O–H groups in total. The summed E-state index contributed by atoms with van der Waals surface area (Å²) in [5.74, 6) is -1.08. The van der Waals surface area contributed by atoms with E-state index in [1.165, 1.54) is 10.7 Å². The van der Waals surface area contributed by atoms with Crippen molar-refractivity contribution in [2.24, 2.45) is 0 Å². The Labute approximate surface area is 142 Å². The summed E-state index contributed by atoms with van der Waals surface area (Å²) in [4.78, 5) is 24.6. The Morgan fingerprint density at radius 2 is 1.92 bits per heavy atom. The van der Waals surface area contributed by atoms with Crippen molar-refractivity contribution in [3.05, 3.63) is 66.4 Å². The van der Waals surface area contributed by atoms with Gasteiger partial charge in [0, 0.05) is 29.2 Å². The van der Waals surface area contributed by atoms with E-state index < -0.39 is 5.97 Å². The van der Waals surface area contributed by atoms with Crippen LogP contribution in [0.4, 0.5) is 0 Å².